The Morgan fingerprint density at radius 2 is 2.17 bits per heavy atom. The zero-order chi connectivity index (χ0) is 13.9. The topological polar surface area (TPSA) is 63.4 Å². The van der Waals surface area contributed by atoms with E-state index in [2.05, 4.69) is 6.58 Å². The first-order valence-electron chi connectivity index (χ1n) is 5.20. The van der Waals surface area contributed by atoms with Crippen molar-refractivity contribution in [2.75, 3.05) is 18.8 Å². The van der Waals surface area contributed by atoms with Crippen LogP contribution in [0.15, 0.2) is 29.7 Å². The van der Waals surface area contributed by atoms with Gasteiger partial charge < -0.3 is 5.73 Å². The van der Waals surface area contributed by atoms with Gasteiger partial charge in [0.25, 0.3) is 0 Å². The summed E-state index contributed by atoms with van der Waals surface area (Å²) in [6.07, 6.45) is 1.42. The fourth-order valence-corrected chi connectivity index (χ4v) is 3.28. The molecule has 0 atom stereocenters. The van der Waals surface area contributed by atoms with Gasteiger partial charge >= 0.3 is 0 Å². The van der Waals surface area contributed by atoms with Crippen LogP contribution >= 0.6 is 11.6 Å². The van der Waals surface area contributed by atoms with Crippen LogP contribution in [0, 0.1) is 5.82 Å². The number of nitrogens with two attached hydrogens (primary N) is 1. The van der Waals surface area contributed by atoms with Gasteiger partial charge in [0.1, 0.15) is 4.90 Å². The van der Waals surface area contributed by atoms with Crippen molar-refractivity contribution >= 4 is 27.3 Å². The number of hydrogen-bond donors (Lipinski definition) is 1. The Hall–Kier alpha value is -1.11. The molecule has 4 nitrogen and oxygen atoms in total. The third-order valence-electron chi connectivity index (χ3n) is 2.32. The van der Waals surface area contributed by atoms with Gasteiger partial charge in [-0.15, -0.1) is 6.58 Å². The lowest BCUT2D eigenvalue weighted by atomic mass is 10.3. The van der Waals surface area contributed by atoms with Gasteiger partial charge in [0.05, 0.1) is 5.02 Å². The van der Waals surface area contributed by atoms with Crippen LogP contribution in [0.25, 0.3) is 0 Å². The van der Waals surface area contributed by atoms with Crippen molar-refractivity contribution in [2.24, 2.45) is 0 Å². The molecule has 0 aliphatic rings. The molecule has 2 N–H and O–H groups in total. The van der Waals surface area contributed by atoms with Gasteiger partial charge in [-0.1, -0.05) is 24.6 Å². The van der Waals surface area contributed by atoms with E-state index in [4.69, 9.17) is 17.3 Å². The number of hydrogen-bond acceptors (Lipinski definition) is 3. The molecule has 1 rings (SSSR count). The van der Waals surface area contributed by atoms with E-state index >= 15 is 0 Å². The van der Waals surface area contributed by atoms with E-state index in [1.54, 1.807) is 6.92 Å². The van der Waals surface area contributed by atoms with Crippen LogP contribution < -0.4 is 5.73 Å². The lowest BCUT2D eigenvalue weighted by Crippen LogP contribution is -2.31. The highest BCUT2D eigenvalue weighted by molar-refractivity contribution is 7.89. The average Bonchev–Trinajstić information content (AvgIpc) is 2.30. The van der Waals surface area contributed by atoms with Crippen molar-refractivity contribution < 1.29 is 12.8 Å². The van der Waals surface area contributed by atoms with Crippen molar-refractivity contribution in [1.29, 1.82) is 0 Å². The molecule has 0 fully saturated rings. The fourth-order valence-electron chi connectivity index (χ4n) is 1.45. The number of benzene rings is 1. The van der Waals surface area contributed by atoms with Crippen LogP contribution in [0.2, 0.25) is 5.02 Å². The smallest absolute Gasteiger partial charge is 0.246 e. The summed E-state index contributed by atoms with van der Waals surface area (Å²) in [5.74, 6) is -0.992. The molecule has 0 aliphatic heterocycles. The molecule has 0 amide bonds. The van der Waals surface area contributed by atoms with Crippen LogP contribution in [-0.4, -0.2) is 25.8 Å². The molecule has 100 valence electrons. The van der Waals surface area contributed by atoms with E-state index in [0.29, 0.717) is 0 Å². The zero-order valence-corrected chi connectivity index (χ0v) is 11.4. The number of rotatable bonds is 5. The second kappa shape index (κ2) is 5.69. The quantitative estimate of drug-likeness (QED) is 0.669. The normalized spacial score (nSPS) is 11.8. The summed E-state index contributed by atoms with van der Waals surface area (Å²) in [7, 11) is -3.97. The largest absolute Gasteiger partial charge is 0.399 e. The van der Waals surface area contributed by atoms with E-state index in [1.807, 2.05) is 0 Å². The van der Waals surface area contributed by atoms with Crippen LogP contribution in [0.1, 0.15) is 6.92 Å². The van der Waals surface area contributed by atoms with Gasteiger partial charge in [0, 0.05) is 18.8 Å². The number of halogens is 2. The first-order valence-corrected chi connectivity index (χ1v) is 7.02. The van der Waals surface area contributed by atoms with Gasteiger partial charge in [0.2, 0.25) is 10.0 Å². The molecule has 18 heavy (non-hydrogen) atoms. The summed E-state index contributed by atoms with van der Waals surface area (Å²) in [5, 5.41) is -0.316. The van der Waals surface area contributed by atoms with E-state index in [1.165, 1.54) is 12.1 Å². The highest BCUT2D eigenvalue weighted by Gasteiger charge is 2.27. The molecule has 0 spiro atoms. The number of nitrogens with zero attached hydrogens (tertiary/aromatic N) is 1. The Morgan fingerprint density at radius 3 is 2.67 bits per heavy atom. The molecule has 1 aromatic rings. The Bertz CT molecular complexity index is 560. The van der Waals surface area contributed by atoms with E-state index in [9.17, 15) is 12.8 Å². The second-order valence-electron chi connectivity index (χ2n) is 3.56. The van der Waals surface area contributed by atoms with Crippen molar-refractivity contribution in [2.45, 2.75) is 11.8 Å². The molecule has 0 radical (unpaired) electrons. The predicted octanol–water partition coefficient (Wildman–Crippen LogP) is 2.26. The van der Waals surface area contributed by atoms with Gasteiger partial charge in [0.15, 0.2) is 5.82 Å². The first kappa shape index (κ1) is 14.9. The molecule has 0 bridgehead atoms. The number of likely N-dealkylation sites (N-methyl/N-ethyl adjacent to an activating group) is 1. The second-order valence-corrected chi connectivity index (χ2v) is 5.87. The van der Waals surface area contributed by atoms with E-state index in [-0.39, 0.29) is 23.8 Å². The minimum atomic E-state index is -3.97. The van der Waals surface area contributed by atoms with Crippen LogP contribution in [-0.2, 0) is 10.0 Å². The standard InChI is InChI=1S/C11H14ClFN2O2S/c1-3-5-15(4-2)18(16,17)10-7-8(14)6-9(12)11(10)13/h3,6-7H,1,4-5,14H2,2H3. The monoisotopic (exact) mass is 292 g/mol. The van der Waals surface area contributed by atoms with Gasteiger partial charge in [-0.25, -0.2) is 12.8 Å². The van der Waals surface area contributed by atoms with Crippen LogP contribution in [0.5, 0.6) is 0 Å². The van der Waals surface area contributed by atoms with Crippen molar-refractivity contribution in [1.82, 2.24) is 4.31 Å². The molecule has 0 unspecified atom stereocenters. The first-order chi connectivity index (χ1) is 8.34. The highest BCUT2D eigenvalue weighted by atomic mass is 35.5. The molecule has 0 saturated carbocycles. The minimum Gasteiger partial charge on any atom is -0.399 e. The number of anilines is 1. The third kappa shape index (κ3) is 2.82. The Kier molecular flexibility index (Phi) is 4.72. The van der Waals surface area contributed by atoms with Crippen molar-refractivity contribution in [3.63, 3.8) is 0 Å². The summed E-state index contributed by atoms with van der Waals surface area (Å²) in [5.41, 5.74) is 5.58. The lowest BCUT2D eigenvalue weighted by Gasteiger charge is -2.19. The summed E-state index contributed by atoms with van der Waals surface area (Å²) in [6.45, 7) is 5.39. The minimum absolute atomic E-state index is 0.0880. The summed E-state index contributed by atoms with van der Waals surface area (Å²) >= 11 is 5.59. The van der Waals surface area contributed by atoms with Crippen LogP contribution in [0.4, 0.5) is 10.1 Å². The zero-order valence-electron chi connectivity index (χ0n) is 9.86. The highest BCUT2D eigenvalue weighted by Crippen LogP contribution is 2.27. The molecule has 0 aliphatic carbocycles. The predicted molar refractivity (Wildman–Crippen MR) is 70.5 cm³/mol. The van der Waals surface area contributed by atoms with Gasteiger partial charge in [-0.05, 0) is 12.1 Å². The Morgan fingerprint density at radius 1 is 1.56 bits per heavy atom. The SMILES string of the molecule is C=CCN(CC)S(=O)(=O)c1cc(N)cc(Cl)c1F. The molecular weight excluding hydrogens is 279 g/mol. The third-order valence-corrected chi connectivity index (χ3v) is 4.54. The van der Waals surface area contributed by atoms with Crippen molar-refractivity contribution in [3.05, 3.63) is 35.6 Å². The molecule has 7 heteroatoms. The van der Waals surface area contributed by atoms with E-state index in [0.717, 1.165) is 10.4 Å². The maximum atomic E-state index is 13.8. The van der Waals surface area contributed by atoms with Gasteiger partial charge in [-0.3, -0.25) is 0 Å². The van der Waals surface area contributed by atoms with Gasteiger partial charge in [-0.2, -0.15) is 4.31 Å². The lowest BCUT2D eigenvalue weighted by molar-refractivity contribution is 0.453. The maximum Gasteiger partial charge on any atom is 0.246 e. The fraction of sp³-hybridized carbons (Fsp3) is 0.273. The van der Waals surface area contributed by atoms with E-state index < -0.39 is 20.7 Å². The molecular formula is C11H14ClFN2O2S. The molecule has 0 saturated heterocycles. The maximum absolute atomic E-state index is 13.8. The Labute approximate surface area is 111 Å². The molecule has 1 aromatic carbocycles. The molecule has 0 aromatic heterocycles. The molecule has 0 heterocycles. The Balaban J connectivity index is 3.40. The number of nitrogen functional groups attached to an aromatic ring is 1. The summed E-state index contributed by atoms with van der Waals surface area (Å²) in [6, 6.07) is 2.22. The van der Waals surface area contributed by atoms with Crippen LogP contribution in [0.3, 0.4) is 0 Å². The summed E-state index contributed by atoms with van der Waals surface area (Å²) < 4.78 is 39.3. The summed E-state index contributed by atoms with van der Waals surface area (Å²) in [4.78, 5) is -0.517. The van der Waals surface area contributed by atoms with Crippen molar-refractivity contribution in [3.8, 4) is 0 Å². The number of sulfonamides is 1. The average molecular weight is 293 g/mol.